The van der Waals surface area contributed by atoms with Crippen molar-refractivity contribution in [2.45, 2.75) is 20.3 Å². The number of carbonyl (C=O) groups is 1. The van der Waals surface area contributed by atoms with Gasteiger partial charge in [0.2, 0.25) is 0 Å². The largest absolute Gasteiger partial charge is 0.477 e. The fraction of sp³-hybridized carbons (Fsp3) is 0.364. The van der Waals surface area contributed by atoms with Crippen LogP contribution in [0.25, 0.3) is 5.65 Å². The summed E-state index contributed by atoms with van der Waals surface area (Å²) in [6.45, 7) is 4.15. The first-order chi connectivity index (χ1) is 7.58. The molecule has 2 aromatic heterocycles. The van der Waals surface area contributed by atoms with Crippen LogP contribution in [-0.2, 0) is 6.42 Å². The maximum atomic E-state index is 11.0. The summed E-state index contributed by atoms with van der Waals surface area (Å²) in [7, 11) is 0. The van der Waals surface area contributed by atoms with Crippen molar-refractivity contribution in [3.8, 4) is 0 Å². The van der Waals surface area contributed by atoms with Crippen LogP contribution in [0.5, 0.6) is 0 Å². The van der Waals surface area contributed by atoms with Gasteiger partial charge < -0.3 is 5.11 Å². The highest BCUT2D eigenvalue weighted by molar-refractivity contribution is 5.86. The van der Waals surface area contributed by atoms with Crippen molar-refractivity contribution in [1.29, 1.82) is 0 Å². The summed E-state index contributed by atoms with van der Waals surface area (Å²) in [6, 6.07) is 4.94. The molecule has 2 heterocycles. The number of fused-ring (bicyclic) bond motifs is 1. The van der Waals surface area contributed by atoms with Crippen molar-refractivity contribution in [2.75, 3.05) is 0 Å². The van der Waals surface area contributed by atoms with Gasteiger partial charge in [0.05, 0.1) is 0 Å². The average Bonchev–Trinajstić information content (AvgIpc) is 2.57. The number of nitrogens with zero attached hydrogens (tertiary/aromatic N) is 3. The highest BCUT2D eigenvalue weighted by Crippen LogP contribution is 2.09. The van der Waals surface area contributed by atoms with Crippen LogP contribution in [0.3, 0.4) is 0 Å². The molecule has 0 fully saturated rings. The highest BCUT2D eigenvalue weighted by Gasteiger charge is 2.12. The lowest BCUT2D eigenvalue weighted by Crippen LogP contribution is -2.06. The fourth-order valence-corrected chi connectivity index (χ4v) is 1.56. The Bertz CT molecular complexity index is 531. The zero-order valence-corrected chi connectivity index (χ0v) is 9.21. The van der Waals surface area contributed by atoms with Gasteiger partial charge in [0.15, 0.2) is 17.2 Å². The molecule has 0 amide bonds. The molecule has 0 spiro atoms. The van der Waals surface area contributed by atoms with Crippen LogP contribution < -0.4 is 0 Å². The average molecular weight is 219 g/mol. The number of aromatic carboxylic acids is 1. The Labute approximate surface area is 92.7 Å². The van der Waals surface area contributed by atoms with Gasteiger partial charge in [-0.15, -0.1) is 0 Å². The van der Waals surface area contributed by atoms with Gasteiger partial charge in [-0.1, -0.05) is 19.9 Å². The van der Waals surface area contributed by atoms with Gasteiger partial charge in [-0.05, 0) is 18.1 Å². The Balaban J connectivity index is 2.52. The van der Waals surface area contributed by atoms with Crippen molar-refractivity contribution >= 4 is 11.6 Å². The maximum absolute atomic E-state index is 11.0. The van der Waals surface area contributed by atoms with Gasteiger partial charge in [-0.2, -0.15) is 5.10 Å². The second-order valence-electron chi connectivity index (χ2n) is 4.11. The summed E-state index contributed by atoms with van der Waals surface area (Å²) in [6.07, 6.45) is 0.751. The molecule has 0 saturated heterocycles. The number of rotatable bonds is 3. The summed E-state index contributed by atoms with van der Waals surface area (Å²) in [5, 5.41) is 13.2. The first-order valence-electron chi connectivity index (χ1n) is 5.16. The molecule has 0 saturated carbocycles. The predicted molar refractivity (Wildman–Crippen MR) is 58.5 cm³/mol. The Morgan fingerprint density at radius 3 is 2.88 bits per heavy atom. The van der Waals surface area contributed by atoms with E-state index in [1.807, 2.05) is 0 Å². The van der Waals surface area contributed by atoms with Gasteiger partial charge in [0, 0.05) is 6.42 Å². The molecule has 0 unspecified atom stereocenters. The summed E-state index contributed by atoms with van der Waals surface area (Å²) >= 11 is 0. The van der Waals surface area contributed by atoms with Crippen molar-refractivity contribution < 1.29 is 9.90 Å². The number of aromatic nitrogens is 3. The smallest absolute Gasteiger partial charge is 0.354 e. The monoisotopic (exact) mass is 219 g/mol. The van der Waals surface area contributed by atoms with Crippen LogP contribution in [0.15, 0.2) is 18.2 Å². The molecular weight excluding hydrogens is 206 g/mol. The van der Waals surface area contributed by atoms with Crippen LogP contribution in [0.2, 0.25) is 0 Å². The van der Waals surface area contributed by atoms with E-state index in [9.17, 15) is 4.79 Å². The molecule has 0 radical (unpaired) electrons. The van der Waals surface area contributed by atoms with Gasteiger partial charge in [-0.3, -0.25) is 0 Å². The Morgan fingerprint density at radius 2 is 2.25 bits per heavy atom. The minimum atomic E-state index is -0.994. The maximum Gasteiger partial charge on any atom is 0.354 e. The van der Waals surface area contributed by atoms with E-state index in [1.165, 1.54) is 10.6 Å². The van der Waals surface area contributed by atoms with Crippen molar-refractivity contribution in [2.24, 2.45) is 5.92 Å². The quantitative estimate of drug-likeness (QED) is 0.851. The van der Waals surface area contributed by atoms with E-state index in [4.69, 9.17) is 5.11 Å². The predicted octanol–water partition coefficient (Wildman–Crippen LogP) is 1.63. The lowest BCUT2D eigenvalue weighted by atomic mass is 10.1. The molecule has 2 rings (SSSR count). The molecule has 0 aliphatic carbocycles. The summed E-state index contributed by atoms with van der Waals surface area (Å²) in [5.74, 6) is 0.140. The zero-order valence-electron chi connectivity index (χ0n) is 9.21. The molecule has 0 atom stereocenters. The standard InChI is InChI=1S/C11H13N3O2/c1-7(2)6-9-12-10-5-3-4-8(11(15)16)14(10)13-9/h3-5,7H,6H2,1-2H3,(H,15,16). The molecule has 0 aliphatic rings. The van der Waals surface area contributed by atoms with Gasteiger partial charge in [-0.25, -0.2) is 14.3 Å². The molecule has 2 aromatic rings. The zero-order chi connectivity index (χ0) is 11.7. The van der Waals surface area contributed by atoms with E-state index in [-0.39, 0.29) is 5.69 Å². The minimum Gasteiger partial charge on any atom is -0.477 e. The number of carboxylic acids is 1. The first-order valence-corrected chi connectivity index (χ1v) is 5.16. The Morgan fingerprint density at radius 1 is 1.50 bits per heavy atom. The van der Waals surface area contributed by atoms with Gasteiger partial charge in [0.25, 0.3) is 0 Å². The molecular formula is C11H13N3O2. The highest BCUT2D eigenvalue weighted by atomic mass is 16.4. The molecule has 1 N–H and O–H groups in total. The summed E-state index contributed by atoms with van der Waals surface area (Å²) < 4.78 is 1.38. The van der Waals surface area contributed by atoms with Crippen LogP contribution in [0, 0.1) is 5.92 Å². The van der Waals surface area contributed by atoms with Crippen molar-refractivity contribution in [3.05, 3.63) is 29.7 Å². The van der Waals surface area contributed by atoms with Gasteiger partial charge >= 0.3 is 5.97 Å². The third-order valence-electron chi connectivity index (χ3n) is 2.21. The SMILES string of the molecule is CC(C)Cc1nc2cccc(C(=O)O)n2n1. The second kappa shape index (κ2) is 3.92. The normalized spacial score (nSPS) is 11.2. The first kappa shape index (κ1) is 10.6. The molecule has 5 nitrogen and oxygen atoms in total. The molecule has 84 valence electrons. The molecule has 16 heavy (non-hydrogen) atoms. The molecule has 0 aromatic carbocycles. The lowest BCUT2D eigenvalue weighted by molar-refractivity contribution is 0.0687. The van der Waals surface area contributed by atoms with Gasteiger partial charge in [0.1, 0.15) is 0 Å². The topological polar surface area (TPSA) is 67.5 Å². The van der Waals surface area contributed by atoms with Crippen LogP contribution in [-0.4, -0.2) is 25.7 Å². The van der Waals surface area contributed by atoms with E-state index in [1.54, 1.807) is 12.1 Å². The third kappa shape index (κ3) is 1.88. The Hall–Kier alpha value is -1.91. The number of hydrogen-bond acceptors (Lipinski definition) is 3. The van der Waals surface area contributed by atoms with Crippen molar-refractivity contribution in [3.63, 3.8) is 0 Å². The Kier molecular flexibility index (Phi) is 2.60. The third-order valence-corrected chi connectivity index (χ3v) is 2.21. The fourth-order valence-electron chi connectivity index (χ4n) is 1.56. The van der Waals surface area contributed by atoms with E-state index >= 15 is 0 Å². The van der Waals surface area contributed by atoms with E-state index in [0.29, 0.717) is 17.4 Å². The van der Waals surface area contributed by atoms with Crippen LogP contribution in [0.1, 0.15) is 30.2 Å². The van der Waals surface area contributed by atoms with Crippen LogP contribution >= 0.6 is 0 Å². The molecule has 0 aliphatic heterocycles. The molecule has 0 bridgehead atoms. The summed E-state index contributed by atoms with van der Waals surface area (Å²) in [5.41, 5.74) is 0.718. The number of pyridine rings is 1. The van der Waals surface area contributed by atoms with E-state index in [2.05, 4.69) is 23.9 Å². The molecule has 5 heteroatoms. The second-order valence-corrected chi connectivity index (χ2v) is 4.11. The van der Waals surface area contributed by atoms with E-state index in [0.717, 1.165) is 6.42 Å². The lowest BCUT2D eigenvalue weighted by Gasteiger charge is -1.97. The summed E-state index contributed by atoms with van der Waals surface area (Å²) in [4.78, 5) is 15.2. The number of hydrogen-bond donors (Lipinski definition) is 1. The number of carboxylic acid groups (broad SMARTS) is 1. The van der Waals surface area contributed by atoms with E-state index < -0.39 is 5.97 Å². The van der Waals surface area contributed by atoms with Crippen molar-refractivity contribution in [1.82, 2.24) is 14.6 Å². The van der Waals surface area contributed by atoms with Crippen LogP contribution in [0.4, 0.5) is 0 Å². The minimum absolute atomic E-state index is 0.139.